The molecule has 3 rings (SSSR count). The van der Waals surface area contributed by atoms with E-state index in [2.05, 4.69) is 34.0 Å². The maximum Gasteiger partial charge on any atom is 0.261 e. The minimum atomic E-state index is -0.233. The van der Waals surface area contributed by atoms with Gasteiger partial charge in [-0.3, -0.25) is 14.5 Å². The number of thiophene rings is 1. The highest BCUT2D eigenvalue weighted by atomic mass is 32.1. The lowest BCUT2D eigenvalue weighted by molar-refractivity contribution is 0.0657. The Morgan fingerprint density at radius 1 is 1.12 bits per heavy atom. The number of guanidine groups is 1. The van der Waals surface area contributed by atoms with Gasteiger partial charge in [0.25, 0.3) is 11.8 Å². The van der Waals surface area contributed by atoms with E-state index in [4.69, 9.17) is 0 Å². The molecule has 1 aliphatic heterocycles. The summed E-state index contributed by atoms with van der Waals surface area (Å²) >= 11 is 1.69. The summed E-state index contributed by atoms with van der Waals surface area (Å²) in [6.07, 6.45) is 0. The van der Waals surface area contributed by atoms with Gasteiger partial charge < -0.3 is 10.6 Å². The van der Waals surface area contributed by atoms with Gasteiger partial charge in [0.1, 0.15) is 0 Å². The van der Waals surface area contributed by atoms with Gasteiger partial charge >= 0.3 is 0 Å². The number of benzene rings is 1. The number of carbonyl (C=O) groups excluding carboxylic acids is 2. The Kier molecular flexibility index (Phi) is 5.68. The van der Waals surface area contributed by atoms with Crippen LogP contribution in [0.2, 0.25) is 0 Å². The number of rotatable bonds is 6. The summed E-state index contributed by atoms with van der Waals surface area (Å²) in [5.41, 5.74) is 2.19. The predicted octanol–water partition coefficient (Wildman–Crippen LogP) is 2.41. The molecular formula is C19H22N4O2S. The van der Waals surface area contributed by atoms with Crippen LogP contribution in [0.5, 0.6) is 0 Å². The number of hydrogen-bond acceptors (Lipinski definition) is 4. The van der Waals surface area contributed by atoms with Crippen LogP contribution in [0.1, 0.15) is 38.1 Å². The summed E-state index contributed by atoms with van der Waals surface area (Å²) in [6, 6.07) is 9.01. The monoisotopic (exact) mass is 370 g/mol. The van der Waals surface area contributed by atoms with Crippen LogP contribution in [0.25, 0.3) is 0 Å². The molecule has 0 saturated carbocycles. The third-order valence-electron chi connectivity index (χ3n) is 4.20. The molecule has 0 saturated heterocycles. The van der Waals surface area contributed by atoms with E-state index in [1.165, 1.54) is 15.3 Å². The zero-order valence-corrected chi connectivity index (χ0v) is 15.7. The molecule has 7 heteroatoms. The van der Waals surface area contributed by atoms with Crippen molar-refractivity contribution < 1.29 is 9.59 Å². The number of fused-ring (bicyclic) bond motifs is 1. The minimum absolute atomic E-state index is 0.233. The van der Waals surface area contributed by atoms with Crippen molar-refractivity contribution in [2.24, 2.45) is 4.99 Å². The van der Waals surface area contributed by atoms with Crippen molar-refractivity contribution in [3.05, 3.63) is 57.3 Å². The Morgan fingerprint density at radius 2 is 1.81 bits per heavy atom. The molecule has 0 radical (unpaired) electrons. The quantitative estimate of drug-likeness (QED) is 0.465. The SMILES string of the molecule is CCNC(=NCc1sccc1C)NCCN1C(=O)c2ccccc2C1=O. The summed E-state index contributed by atoms with van der Waals surface area (Å²) in [7, 11) is 0. The normalized spacial score (nSPS) is 13.9. The van der Waals surface area contributed by atoms with Gasteiger partial charge in [-0.1, -0.05) is 12.1 Å². The van der Waals surface area contributed by atoms with Gasteiger partial charge in [-0.25, -0.2) is 4.99 Å². The summed E-state index contributed by atoms with van der Waals surface area (Å²) in [4.78, 5) is 31.8. The first-order valence-corrected chi connectivity index (χ1v) is 9.50. The molecule has 0 spiro atoms. The van der Waals surface area contributed by atoms with Crippen molar-refractivity contribution in [1.29, 1.82) is 0 Å². The molecule has 1 aromatic carbocycles. The molecule has 0 aliphatic carbocycles. The molecule has 2 heterocycles. The Morgan fingerprint density at radius 3 is 2.38 bits per heavy atom. The first kappa shape index (κ1) is 18.1. The predicted molar refractivity (Wildman–Crippen MR) is 104 cm³/mol. The number of aliphatic imine (C=N–C) groups is 1. The number of nitrogens with zero attached hydrogens (tertiary/aromatic N) is 2. The summed E-state index contributed by atoms with van der Waals surface area (Å²) in [5, 5.41) is 8.44. The van der Waals surface area contributed by atoms with Crippen LogP contribution in [0.15, 0.2) is 40.7 Å². The average molecular weight is 370 g/mol. The number of nitrogens with one attached hydrogen (secondary N) is 2. The van der Waals surface area contributed by atoms with Crippen molar-refractivity contribution in [3.63, 3.8) is 0 Å². The van der Waals surface area contributed by atoms with Gasteiger partial charge in [0, 0.05) is 24.5 Å². The van der Waals surface area contributed by atoms with Gasteiger partial charge in [-0.2, -0.15) is 0 Å². The number of aryl methyl sites for hydroxylation is 1. The molecule has 0 unspecified atom stereocenters. The number of hydrogen-bond donors (Lipinski definition) is 2. The van der Waals surface area contributed by atoms with Gasteiger partial charge in [-0.15, -0.1) is 11.3 Å². The smallest absolute Gasteiger partial charge is 0.261 e. The standard InChI is InChI=1S/C19H22N4O2S/c1-3-20-19(22-12-16-13(2)8-11-26-16)21-9-10-23-17(24)14-6-4-5-7-15(14)18(23)25/h4-8,11H,3,9-10,12H2,1-2H3,(H2,20,21,22). The Bertz CT molecular complexity index is 809. The van der Waals surface area contributed by atoms with Crippen LogP contribution in [0.3, 0.4) is 0 Å². The first-order valence-electron chi connectivity index (χ1n) is 8.62. The maximum absolute atomic E-state index is 12.4. The Balaban J connectivity index is 1.58. The zero-order chi connectivity index (χ0) is 18.5. The van der Waals surface area contributed by atoms with Crippen molar-refractivity contribution >= 4 is 29.1 Å². The van der Waals surface area contributed by atoms with Crippen LogP contribution in [-0.2, 0) is 6.54 Å². The summed E-state index contributed by atoms with van der Waals surface area (Å²) < 4.78 is 0. The second kappa shape index (κ2) is 8.14. The van der Waals surface area contributed by atoms with Crippen molar-refractivity contribution in [2.75, 3.05) is 19.6 Å². The zero-order valence-electron chi connectivity index (χ0n) is 14.9. The third-order valence-corrected chi connectivity index (χ3v) is 5.21. The molecule has 2 N–H and O–H groups in total. The van der Waals surface area contributed by atoms with Gasteiger partial charge in [0.15, 0.2) is 5.96 Å². The first-order chi connectivity index (χ1) is 12.6. The molecule has 0 atom stereocenters. The van der Waals surface area contributed by atoms with Gasteiger partial charge in [-0.05, 0) is 43.0 Å². The summed E-state index contributed by atoms with van der Waals surface area (Å²) in [5.74, 6) is 0.212. The Hall–Kier alpha value is -2.67. The maximum atomic E-state index is 12.4. The van der Waals surface area contributed by atoms with Crippen LogP contribution in [0, 0.1) is 6.92 Å². The third kappa shape index (κ3) is 3.77. The van der Waals surface area contributed by atoms with E-state index in [9.17, 15) is 9.59 Å². The van der Waals surface area contributed by atoms with Crippen molar-refractivity contribution in [1.82, 2.24) is 15.5 Å². The fourth-order valence-electron chi connectivity index (χ4n) is 2.79. The van der Waals surface area contributed by atoms with Gasteiger partial charge in [0.2, 0.25) is 0 Å². The second-order valence-electron chi connectivity index (χ2n) is 5.96. The number of imide groups is 1. The van der Waals surface area contributed by atoms with E-state index in [0.29, 0.717) is 36.7 Å². The van der Waals surface area contributed by atoms with Crippen LogP contribution in [-0.4, -0.2) is 42.3 Å². The molecule has 1 aliphatic rings. The Labute approximate surface area is 156 Å². The van der Waals surface area contributed by atoms with Crippen LogP contribution >= 0.6 is 11.3 Å². The van der Waals surface area contributed by atoms with E-state index in [1.54, 1.807) is 35.6 Å². The van der Waals surface area contributed by atoms with E-state index in [-0.39, 0.29) is 11.8 Å². The number of carbonyl (C=O) groups is 2. The lowest BCUT2D eigenvalue weighted by atomic mass is 10.1. The second-order valence-corrected chi connectivity index (χ2v) is 6.96. The van der Waals surface area contributed by atoms with E-state index in [1.807, 2.05) is 6.92 Å². The lowest BCUT2D eigenvalue weighted by Crippen LogP contribution is -2.43. The fraction of sp³-hybridized carbons (Fsp3) is 0.316. The van der Waals surface area contributed by atoms with Crippen LogP contribution < -0.4 is 10.6 Å². The molecule has 26 heavy (non-hydrogen) atoms. The largest absolute Gasteiger partial charge is 0.357 e. The summed E-state index contributed by atoms with van der Waals surface area (Å²) in [6.45, 7) is 6.16. The molecule has 0 fully saturated rings. The molecule has 136 valence electrons. The van der Waals surface area contributed by atoms with E-state index in [0.717, 1.165) is 6.54 Å². The van der Waals surface area contributed by atoms with E-state index >= 15 is 0 Å². The minimum Gasteiger partial charge on any atom is -0.357 e. The highest BCUT2D eigenvalue weighted by Crippen LogP contribution is 2.21. The lowest BCUT2D eigenvalue weighted by Gasteiger charge is -2.16. The molecule has 0 bridgehead atoms. The highest BCUT2D eigenvalue weighted by Gasteiger charge is 2.34. The highest BCUT2D eigenvalue weighted by molar-refractivity contribution is 7.10. The molecule has 1 aromatic heterocycles. The average Bonchev–Trinajstić information content (AvgIpc) is 3.16. The van der Waals surface area contributed by atoms with Gasteiger partial charge in [0.05, 0.1) is 17.7 Å². The van der Waals surface area contributed by atoms with Crippen LogP contribution in [0.4, 0.5) is 0 Å². The molecule has 2 amide bonds. The molecule has 2 aromatic rings. The molecule has 6 nitrogen and oxygen atoms in total. The number of amides is 2. The fourth-order valence-corrected chi connectivity index (χ4v) is 3.62. The van der Waals surface area contributed by atoms with Crippen molar-refractivity contribution in [2.45, 2.75) is 20.4 Å². The topological polar surface area (TPSA) is 73.8 Å². The van der Waals surface area contributed by atoms with E-state index < -0.39 is 0 Å². The van der Waals surface area contributed by atoms with Crippen molar-refractivity contribution in [3.8, 4) is 0 Å². The molecular weight excluding hydrogens is 348 g/mol.